The van der Waals surface area contributed by atoms with Gasteiger partial charge in [0.25, 0.3) is 0 Å². The second kappa shape index (κ2) is 7.23. The van der Waals surface area contributed by atoms with E-state index in [4.69, 9.17) is 0 Å². The monoisotopic (exact) mass is 286 g/mol. The molecule has 1 atom stereocenters. The zero-order chi connectivity index (χ0) is 15.2. The summed E-state index contributed by atoms with van der Waals surface area (Å²) < 4.78 is 13.8. The summed E-state index contributed by atoms with van der Waals surface area (Å²) in [5.74, 6) is -0.170. The van der Waals surface area contributed by atoms with Crippen molar-refractivity contribution < 1.29 is 4.39 Å². The van der Waals surface area contributed by atoms with E-state index in [1.54, 1.807) is 6.07 Å². The van der Waals surface area contributed by atoms with E-state index in [1.165, 1.54) is 17.2 Å². The molecule has 0 aliphatic carbocycles. The molecule has 3 heteroatoms. The van der Waals surface area contributed by atoms with Crippen molar-refractivity contribution in [2.24, 2.45) is 0 Å². The first-order valence-corrected chi connectivity index (χ1v) is 7.31. The van der Waals surface area contributed by atoms with E-state index in [-0.39, 0.29) is 11.9 Å². The summed E-state index contributed by atoms with van der Waals surface area (Å²) in [5, 5.41) is 3.34. The summed E-state index contributed by atoms with van der Waals surface area (Å²) >= 11 is 0. The Morgan fingerprint density at radius 2 is 1.76 bits per heavy atom. The Morgan fingerprint density at radius 1 is 1.10 bits per heavy atom. The molecule has 0 fully saturated rings. The van der Waals surface area contributed by atoms with Gasteiger partial charge in [-0.25, -0.2) is 4.39 Å². The number of rotatable bonds is 6. The molecule has 1 unspecified atom stereocenters. The molecule has 2 aromatic rings. The molecule has 0 aliphatic rings. The Bertz CT molecular complexity index is 566. The van der Waals surface area contributed by atoms with Crippen molar-refractivity contribution in [3.8, 4) is 0 Å². The largest absolute Gasteiger partial charge is 0.372 e. The van der Waals surface area contributed by atoms with Gasteiger partial charge in [0.2, 0.25) is 0 Å². The number of para-hydroxylation sites is 1. The minimum atomic E-state index is -0.170. The van der Waals surface area contributed by atoms with Gasteiger partial charge in [0.1, 0.15) is 5.82 Å². The molecule has 0 amide bonds. The van der Waals surface area contributed by atoms with Crippen molar-refractivity contribution in [2.45, 2.75) is 19.4 Å². The first-order chi connectivity index (χ1) is 10.1. The second-order valence-corrected chi connectivity index (χ2v) is 5.41. The van der Waals surface area contributed by atoms with Crippen LogP contribution >= 0.6 is 0 Å². The second-order valence-electron chi connectivity index (χ2n) is 5.41. The van der Waals surface area contributed by atoms with Gasteiger partial charge >= 0.3 is 0 Å². The van der Waals surface area contributed by atoms with Gasteiger partial charge in [0.05, 0.1) is 5.69 Å². The number of nitrogens with zero attached hydrogens (tertiary/aromatic N) is 1. The highest BCUT2D eigenvalue weighted by Gasteiger charge is 2.12. The van der Waals surface area contributed by atoms with Crippen LogP contribution in [0.3, 0.4) is 0 Å². The highest BCUT2D eigenvalue weighted by Crippen LogP contribution is 2.21. The highest BCUT2D eigenvalue weighted by atomic mass is 19.1. The lowest BCUT2D eigenvalue weighted by atomic mass is 10.0. The van der Waals surface area contributed by atoms with Gasteiger partial charge in [0, 0.05) is 19.6 Å². The Labute approximate surface area is 126 Å². The van der Waals surface area contributed by atoms with Crippen LogP contribution in [0.1, 0.15) is 23.6 Å². The van der Waals surface area contributed by atoms with E-state index < -0.39 is 0 Å². The fourth-order valence-corrected chi connectivity index (χ4v) is 2.48. The molecule has 0 saturated heterocycles. The number of hydrogen-bond donors (Lipinski definition) is 1. The van der Waals surface area contributed by atoms with Crippen molar-refractivity contribution in [1.29, 1.82) is 0 Å². The summed E-state index contributed by atoms with van der Waals surface area (Å²) in [4.78, 5) is 1.97. The van der Waals surface area contributed by atoms with Crippen LogP contribution in [0.5, 0.6) is 0 Å². The summed E-state index contributed by atoms with van der Waals surface area (Å²) in [6, 6.07) is 15.7. The molecule has 21 heavy (non-hydrogen) atoms. The standard InChI is InChI=1S/C18H23FN2/c1-14-8-10-15(11-9-14)17(20-2)12-13-21(3)18-7-5-4-6-16(18)19/h4-11,17,20H,12-13H2,1-3H3. The maximum absolute atomic E-state index is 13.8. The third-order valence-corrected chi connectivity index (χ3v) is 3.85. The zero-order valence-corrected chi connectivity index (χ0v) is 12.9. The summed E-state index contributed by atoms with van der Waals surface area (Å²) in [7, 11) is 3.90. The van der Waals surface area contributed by atoms with E-state index in [9.17, 15) is 4.39 Å². The average molecular weight is 286 g/mol. The van der Waals surface area contributed by atoms with Crippen LogP contribution in [0, 0.1) is 12.7 Å². The van der Waals surface area contributed by atoms with Crippen molar-refractivity contribution >= 4 is 5.69 Å². The lowest BCUT2D eigenvalue weighted by Crippen LogP contribution is -2.25. The Balaban J connectivity index is 2.00. The van der Waals surface area contributed by atoms with Crippen molar-refractivity contribution in [3.05, 3.63) is 65.5 Å². The van der Waals surface area contributed by atoms with Crippen molar-refractivity contribution in [2.75, 3.05) is 25.5 Å². The number of nitrogens with one attached hydrogen (secondary N) is 1. The molecule has 2 nitrogen and oxygen atoms in total. The van der Waals surface area contributed by atoms with Gasteiger partial charge < -0.3 is 10.2 Å². The SMILES string of the molecule is CNC(CCN(C)c1ccccc1F)c1ccc(C)cc1. The predicted molar refractivity (Wildman–Crippen MR) is 87.3 cm³/mol. The molecule has 0 heterocycles. The third kappa shape index (κ3) is 4.05. The molecule has 0 aromatic heterocycles. The normalized spacial score (nSPS) is 12.2. The van der Waals surface area contributed by atoms with Crippen molar-refractivity contribution in [3.63, 3.8) is 0 Å². The maximum Gasteiger partial charge on any atom is 0.146 e. The third-order valence-electron chi connectivity index (χ3n) is 3.85. The van der Waals surface area contributed by atoms with Crippen LogP contribution < -0.4 is 10.2 Å². The smallest absolute Gasteiger partial charge is 0.146 e. The molecular weight excluding hydrogens is 263 g/mol. The number of benzene rings is 2. The number of hydrogen-bond acceptors (Lipinski definition) is 2. The Morgan fingerprint density at radius 3 is 2.38 bits per heavy atom. The molecule has 112 valence electrons. The van der Waals surface area contributed by atoms with Gasteiger partial charge in [-0.05, 0) is 38.1 Å². The topological polar surface area (TPSA) is 15.3 Å². The minimum absolute atomic E-state index is 0.170. The van der Waals surface area contributed by atoms with E-state index in [1.807, 2.05) is 31.1 Å². The summed E-state index contributed by atoms with van der Waals surface area (Å²) in [6.07, 6.45) is 0.921. The van der Waals surface area contributed by atoms with E-state index in [0.717, 1.165) is 13.0 Å². The summed E-state index contributed by atoms with van der Waals surface area (Å²) in [6.45, 7) is 2.88. The van der Waals surface area contributed by atoms with Crippen LogP contribution in [-0.4, -0.2) is 20.6 Å². The highest BCUT2D eigenvalue weighted by molar-refractivity contribution is 5.46. The minimum Gasteiger partial charge on any atom is -0.372 e. The lowest BCUT2D eigenvalue weighted by Gasteiger charge is -2.24. The molecule has 2 aromatic carbocycles. The molecule has 0 bridgehead atoms. The predicted octanol–water partition coefficient (Wildman–Crippen LogP) is 3.92. The fraction of sp³-hybridized carbons (Fsp3) is 0.333. The average Bonchev–Trinajstić information content (AvgIpc) is 2.49. The van der Waals surface area contributed by atoms with Gasteiger partial charge in [-0.2, -0.15) is 0 Å². The summed E-state index contributed by atoms with van der Waals surface area (Å²) in [5.41, 5.74) is 3.18. The van der Waals surface area contributed by atoms with Crippen LogP contribution in [0.4, 0.5) is 10.1 Å². The maximum atomic E-state index is 13.8. The van der Waals surface area contributed by atoms with Crippen LogP contribution in [0.25, 0.3) is 0 Å². The number of aryl methyl sites for hydroxylation is 1. The van der Waals surface area contributed by atoms with E-state index >= 15 is 0 Å². The van der Waals surface area contributed by atoms with Crippen LogP contribution in [-0.2, 0) is 0 Å². The molecule has 0 spiro atoms. The molecule has 1 N–H and O–H groups in total. The van der Waals surface area contributed by atoms with Gasteiger partial charge in [-0.1, -0.05) is 42.0 Å². The molecule has 0 saturated carbocycles. The first-order valence-electron chi connectivity index (χ1n) is 7.31. The number of halogens is 1. The first kappa shape index (κ1) is 15.5. The van der Waals surface area contributed by atoms with Gasteiger partial charge in [0.15, 0.2) is 0 Å². The Hall–Kier alpha value is -1.87. The van der Waals surface area contributed by atoms with Crippen molar-refractivity contribution in [1.82, 2.24) is 5.32 Å². The van der Waals surface area contributed by atoms with E-state index in [0.29, 0.717) is 5.69 Å². The number of anilines is 1. The molecular formula is C18H23FN2. The molecule has 0 radical (unpaired) electrons. The van der Waals surface area contributed by atoms with E-state index in [2.05, 4.69) is 36.5 Å². The fourth-order valence-electron chi connectivity index (χ4n) is 2.48. The Kier molecular flexibility index (Phi) is 5.34. The zero-order valence-electron chi connectivity index (χ0n) is 12.9. The quantitative estimate of drug-likeness (QED) is 0.866. The van der Waals surface area contributed by atoms with Gasteiger partial charge in [-0.3, -0.25) is 0 Å². The van der Waals surface area contributed by atoms with Crippen LogP contribution in [0.15, 0.2) is 48.5 Å². The molecule has 2 rings (SSSR count). The van der Waals surface area contributed by atoms with Crippen LogP contribution in [0.2, 0.25) is 0 Å². The lowest BCUT2D eigenvalue weighted by molar-refractivity contribution is 0.545. The molecule has 0 aliphatic heterocycles. The van der Waals surface area contributed by atoms with Gasteiger partial charge in [-0.15, -0.1) is 0 Å².